The van der Waals surface area contributed by atoms with Gasteiger partial charge in [-0.3, -0.25) is 4.79 Å². The van der Waals surface area contributed by atoms with Gasteiger partial charge in [0.05, 0.1) is 12.9 Å². The van der Waals surface area contributed by atoms with Crippen LogP contribution in [0.1, 0.15) is 32.1 Å². The summed E-state index contributed by atoms with van der Waals surface area (Å²) in [5.74, 6) is 0.143. The zero-order chi connectivity index (χ0) is 12.8. The molecule has 0 aromatic carbocycles. The number of aliphatic hydroxyl groups is 1. The Balaban J connectivity index is 1.86. The summed E-state index contributed by atoms with van der Waals surface area (Å²) in [6.07, 6.45) is 10.3. The average molecular weight is 251 g/mol. The third kappa shape index (κ3) is 3.32. The Morgan fingerprint density at radius 3 is 2.83 bits per heavy atom. The molecule has 5 nitrogen and oxygen atoms in total. The molecular weight excluding hydrogens is 230 g/mol. The number of hydrogen-bond donors (Lipinski definition) is 1. The Morgan fingerprint density at radius 1 is 1.44 bits per heavy atom. The van der Waals surface area contributed by atoms with Crippen LogP contribution in [0.15, 0.2) is 18.7 Å². The van der Waals surface area contributed by atoms with E-state index in [0.29, 0.717) is 25.6 Å². The monoisotopic (exact) mass is 251 g/mol. The zero-order valence-corrected chi connectivity index (χ0v) is 10.7. The molecule has 1 heterocycles. The van der Waals surface area contributed by atoms with Crippen LogP contribution in [0.5, 0.6) is 0 Å². The van der Waals surface area contributed by atoms with E-state index in [1.807, 2.05) is 15.7 Å². The molecule has 1 saturated carbocycles. The van der Waals surface area contributed by atoms with E-state index in [2.05, 4.69) is 4.98 Å². The summed E-state index contributed by atoms with van der Waals surface area (Å²) in [6, 6.07) is 0.340. The van der Waals surface area contributed by atoms with Gasteiger partial charge in [-0.1, -0.05) is 12.8 Å². The quantitative estimate of drug-likeness (QED) is 0.821. The number of imidazole rings is 1. The van der Waals surface area contributed by atoms with Gasteiger partial charge < -0.3 is 14.6 Å². The Hall–Kier alpha value is -1.36. The van der Waals surface area contributed by atoms with Gasteiger partial charge in [0.2, 0.25) is 5.91 Å². The lowest BCUT2D eigenvalue weighted by Gasteiger charge is -2.28. The molecular formula is C13H21N3O2. The molecule has 1 aromatic heterocycles. The summed E-state index contributed by atoms with van der Waals surface area (Å²) in [5.41, 5.74) is 0. The second-order valence-corrected chi connectivity index (χ2v) is 4.80. The van der Waals surface area contributed by atoms with Crippen molar-refractivity contribution in [3.05, 3.63) is 18.7 Å². The number of aryl methyl sites for hydroxylation is 1. The van der Waals surface area contributed by atoms with E-state index in [1.165, 1.54) is 12.8 Å². The van der Waals surface area contributed by atoms with Crippen molar-refractivity contribution < 1.29 is 9.90 Å². The Labute approximate surface area is 107 Å². The molecule has 1 aliphatic carbocycles. The predicted octanol–water partition coefficient (Wildman–Crippen LogP) is 1.04. The lowest BCUT2D eigenvalue weighted by Crippen LogP contribution is -2.41. The highest BCUT2D eigenvalue weighted by Gasteiger charge is 2.25. The summed E-state index contributed by atoms with van der Waals surface area (Å²) >= 11 is 0. The topological polar surface area (TPSA) is 58.4 Å². The standard InChI is InChI=1S/C13H21N3O2/c17-10-9-16(12-3-1-2-4-12)13(18)5-7-15-8-6-14-11-15/h6,8,11-12,17H,1-5,7,9-10H2. The molecule has 2 rings (SSSR count). The van der Waals surface area contributed by atoms with Gasteiger partial charge in [0.25, 0.3) is 0 Å². The van der Waals surface area contributed by atoms with Crippen LogP contribution < -0.4 is 0 Å². The van der Waals surface area contributed by atoms with E-state index in [0.717, 1.165) is 12.8 Å². The Kier molecular flexibility index (Phi) is 4.75. The average Bonchev–Trinajstić information content (AvgIpc) is 3.05. The fourth-order valence-corrected chi connectivity index (χ4v) is 2.62. The van der Waals surface area contributed by atoms with Gasteiger partial charge in [0.1, 0.15) is 0 Å². The van der Waals surface area contributed by atoms with Crippen LogP contribution in [0.2, 0.25) is 0 Å². The molecule has 100 valence electrons. The van der Waals surface area contributed by atoms with Gasteiger partial charge in [-0.15, -0.1) is 0 Å². The molecule has 0 radical (unpaired) electrons. The van der Waals surface area contributed by atoms with Gasteiger partial charge in [0, 0.05) is 37.9 Å². The van der Waals surface area contributed by atoms with Crippen LogP contribution in [0, 0.1) is 0 Å². The summed E-state index contributed by atoms with van der Waals surface area (Å²) in [4.78, 5) is 18.0. The van der Waals surface area contributed by atoms with Crippen LogP contribution in [0.25, 0.3) is 0 Å². The molecule has 5 heteroatoms. The minimum atomic E-state index is 0.0489. The van der Waals surface area contributed by atoms with E-state index >= 15 is 0 Å². The molecule has 0 aliphatic heterocycles. The normalized spacial score (nSPS) is 16.1. The van der Waals surface area contributed by atoms with Gasteiger partial charge in [-0.25, -0.2) is 4.98 Å². The Morgan fingerprint density at radius 2 is 2.22 bits per heavy atom. The second kappa shape index (κ2) is 6.54. The van der Waals surface area contributed by atoms with Crippen molar-refractivity contribution in [3.8, 4) is 0 Å². The lowest BCUT2D eigenvalue weighted by molar-refractivity contribution is -0.134. The third-order valence-electron chi connectivity index (χ3n) is 3.57. The van der Waals surface area contributed by atoms with Crippen LogP contribution in [0.4, 0.5) is 0 Å². The van der Waals surface area contributed by atoms with Crippen molar-refractivity contribution in [2.75, 3.05) is 13.2 Å². The molecule has 1 fully saturated rings. The van der Waals surface area contributed by atoms with Crippen molar-refractivity contribution in [3.63, 3.8) is 0 Å². The number of carbonyl (C=O) groups is 1. The van der Waals surface area contributed by atoms with Gasteiger partial charge in [-0.2, -0.15) is 0 Å². The maximum Gasteiger partial charge on any atom is 0.224 e. The van der Waals surface area contributed by atoms with Gasteiger partial charge in [-0.05, 0) is 12.8 Å². The molecule has 0 bridgehead atoms. The maximum absolute atomic E-state index is 12.2. The fraction of sp³-hybridized carbons (Fsp3) is 0.692. The third-order valence-corrected chi connectivity index (χ3v) is 3.57. The summed E-state index contributed by atoms with van der Waals surface area (Å²) in [6.45, 7) is 1.17. The highest BCUT2D eigenvalue weighted by molar-refractivity contribution is 5.76. The Bertz CT molecular complexity index is 358. The summed E-state index contributed by atoms with van der Waals surface area (Å²) in [5, 5.41) is 9.09. The van der Waals surface area contributed by atoms with Crippen molar-refractivity contribution in [1.29, 1.82) is 0 Å². The minimum absolute atomic E-state index is 0.0489. The maximum atomic E-state index is 12.2. The number of rotatable bonds is 6. The van der Waals surface area contributed by atoms with Crippen molar-refractivity contribution >= 4 is 5.91 Å². The number of hydrogen-bond acceptors (Lipinski definition) is 3. The first-order chi connectivity index (χ1) is 8.81. The molecule has 1 N–H and O–H groups in total. The first kappa shape index (κ1) is 13.1. The molecule has 0 saturated heterocycles. The van der Waals surface area contributed by atoms with Crippen LogP contribution in [-0.4, -0.2) is 44.7 Å². The molecule has 1 aliphatic rings. The second-order valence-electron chi connectivity index (χ2n) is 4.80. The van der Waals surface area contributed by atoms with E-state index in [9.17, 15) is 4.79 Å². The van der Waals surface area contributed by atoms with Crippen LogP contribution >= 0.6 is 0 Å². The number of aromatic nitrogens is 2. The molecule has 1 aromatic rings. The summed E-state index contributed by atoms with van der Waals surface area (Å²) < 4.78 is 1.91. The number of aliphatic hydroxyl groups excluding tert-OH is 1. The molecule has 1 amide bonds. The van der Waals surface area contributed by atoms with Crippen molar-refractivity contribution in [2.45, 2.75) is 44.7 Å². The molecule has 0 unspecified atom stereocenters. The minimum Gasteiger partial charge on any atom is -0.395 e. The fourth-order valence-electron chi connectivity index (χ4n) is 2.62. The SMILES string of the molecule is O=C(CCn1ccnc1)N(CCO)C1CCCC1. The van der Waals surface area contributed by atoms with E-state index in [4.69, 9.17) is 5.11 Å². The lowest BCUT2D eigenvalue weighted by atomic mass is 10.2. The number of nitrogens with zero attached hydrogens (tertiary/aromatic N) is 3. The molecule has 18 heavy (non-hydrogen) atoms. The van der Waals surface area contributed by atoms with Gasteiger partial charge in [0.15, 0.2) is 0 Å². The van der Waals surface area contributed by atoms with E-state index in [1.54, 1.807) is 12.5 Å². The molecule has 0 atom stereocenters. The number of carbonyl (C=O) groups excluding carboxylic acids is 1. The van der Waals surface area contributed by atoms with Crippen molar-refractivity contribution in [1.82, 2.24) is 14.5 Å². The first-order valence-corrected chi connectivity index (χ1v) is 6.67. The van der Waals surface area contributed by atoms with Crippen molar-refractivity contribution in [2.24, 2.45) is 0 Å². The number of amides is 1. The summed E-state index contributed by atoms with van der Waals surface area (Å²) in [7, 11) is 0. The van der Waals surface area contributed by atoms with E-state index < -0.39 is 0 Å². The highest BCUT2D eigenvalue weighted by Crippen LogP contribution is 2.23. The first-order valence-electron chi connectivity index (χ1n) is 6.67. The molecule has 0 spiro atoms. The smallest absolute Gasteiger partial charge is 0.224 e. The van der Waals surface area contributed by atoms with Crippen LogP contribution in [0.3, 0.4) is 0 Å². The predicted molar refractivity (Wildman–Crippen MR) is 67.9 cm³/mol. The van der Waals surface area contributed by atoms with Crippen LogP contribution in [-0.2, 0) is 11.3 Å². The van der Waals surface area contributed by atoms with E-state index in [-0.39, 0.29) is 12.5 Å². The van der Waals surface area contributed by atoms with Gasteiger partial charge >= 0.3 is 0 Å². The zero-order valence-electron chi connectivity index (χ0n) is 10.7. The highest BCUT2D eigenvalue weighted by atomic mass is 16.3. The largest absolute Gasteiger partial charge is 0.395 e.